The highest BCUT2D eigenvalue weighted by molar-refractivity contribution is 6.30. The molecule has 0 saturated carbocycles. The van der Waals surface area contributed by atoms with E-state index >= 15 is 0 Å². The monoisotopic (exact) mass is 535 g/mol. The molecular weight excluding hydrogens is 502 g/mol. The highest BCUT2D eigenvalue weighted by Crippen LogP contribution is 2.34. The minimum absolute atomic E-state index is 0.316. The van der Waals surface area contributed by atoms with Gasteiger partial charge in [-0.2, -0.15) is 5.21 Å². The smallest absolute Gasteiger partial charge is 0.326 e. The van der Waals surface area contributed by atoms with Crippen molar-refractivity contribution in [2.45, 2.75) is 58.1 Å². The Bertz CT molecular complexity index is 1350. The molecule has 1 atom stereocenters. The van der Waals surface area contributed by atoms with Crippen molar-refractivity contribution in [2.75, 3.05) is 14.1 Å². The number of halogens is 1. The molecule has 2 aromatic carbocycles. The molecule has 9 nitrogen and oxygen atoms in total. The zero-order valence-electron chi connectivity index (χ0n) is 22.5. The Kier molecular flexibility index (Phi) is 8.58. The second-order valence-corrected chi connectivity index (χ2v) is 10.4. The first-order valence-electron chi connectivity index (χ1n) is 12.8. The first-order valence-corrected chi connectivity index (χ1v) is 13.1. The molecule has 4 aromatic rings. The number of nitrogens with zero attached hydrogens (tertiary/aromatic N) is 5. The van der Waals surface area contributed by atoms with Crippen LogP contribution in [0.2, 0.25) is 5.15 Å². The molecule has 0 amide bonds. The molecule has 10 heteroatoms. The summed E-state index contributed by atoms with van der Waals surface area (Å²) in [4.78, 5) is 23.0. The van der Waals surface area contributed by atoms with E-state index in [0.717, 1.165) is 47.3 Å². The molecule has 0 bridgehead atoms. The van der Waals surface area contributed by atoms with E-state index in [1.54, 1.807) is 0 Å². The zero-order chi connectivity index (χ0) is 27.3. The van der Waals surface area contributed by atoms with Crippen molar-refractivity contribution in [1.82, 2.24) is 35.5 Å². The normalized spacial score (nSPS) is 12.6. The van der Waals surface area contributed by atoms with Crippen LogP contribution in [0.3, 0.4) is 0 Å². The number of unbranched alkanes of at least 4 members (excludes halogenated alkanes) is 1. The minimum atomic E-state index is -0.831. The second-order valence-electron chi connectivity index (χ2n) is 10.0. The number of aromatic nitrogens is 6. The predicted molar refractivity (Wildman–Crippen MR) is 148 cm³/mol. The lowest BCUT2D eigenvalue weighted by molar-refractivity contribution is -0.161. The average molecular weight is 536 g/mol. The standard InChI is InChI=1S/C28H34ClN7O2/c1-6-7-13-23-30-24(25(29)31-23)22(38-27(37)28(2,3)36(4)5)17-18-14-15-20(19-11-9-8-10-12-19)21(16-18)26-32-34-35-33-26/h8-12,14-16,22H,6-7,13,17H2,1-5H3,(H,30,31)(H,32,33,34,35). The Hall–Kier alpha value is -3.56. The average Bonchev–Trinajstić information content (AvgIpc) is 3.57. The number of imidazole rings is 1. The van der Waals surface area contributed by atoms with Gasteiger partial charge in [0.2, 0.25) is 5.82 Å². The fourth-order valence-electron chi connectivity index (χ4n) is 4.01. The summed E-state index contributed by atoms with van der Waals surface area (Å²) < 4.78 is 6.12. The number of rotatable bonds is 11. The van der Waals surface area contributed by atoms with Crippen molar-refractivity contribution < 1.29 is 9.53 Å². The molecule has 2 heterocycles. The summed E-state index contributed by atoms with van der Waals surface area (Å²) in [6.07, 6.45) is 2.50. The zero-order valence-corrected chi connectivity index (χ0v) is 23.2. The van der Waals surface area contributed by atoms with Crippen LogP contribution in [0.5, 0.6) is 0 Å². The van der Waals surface area contributed by atoms with Gasteiger partial charge in [-0.3, -0.25) is 9.69 Å². The lowest BCUT2D eigenvalue weighted by Gasteiger charge is -2.31. The fourth-order valence-corrected chi connectivity index (χ4v) is 4.28. The van der Waals surface area contributed by atoms with Crippen LogP contribution in [0.15, 0.2) is 48.5 Å². The maximum atomic E-state index is 13.3. The number of likely N-dealkylation sites (N-methyl/N-ethyl adjacent to an activating group) is 1. The third kappa shape index (κ3) is 6.11. The number of aromatic amines is 2. The number of hydrogen-bond acceptors (Lipinski definition) is 7. The molecule has 0 aliphatic rings. The summed E-state index contributed by atoms with van der Waals surface area (Å²) in [6, 6.07) is 16.1. The Balaban J connectivity index is 1.73. The van der Waals surface area contributed by atoms with E-state index in [1.807, 2.05) is 81.4 Å². The molecule has 2 aromatic heterocycles. The number of esters is 1. The number of tetrazole rings is 1. The van der Waals surface area contributed by atoms with Crippen LogP contribution in [0.1, 0.15) is 56.8 Å². The van der Waals surface area contributed by atoms with Crippen LogP contribution in [-0.2, 0) is 22.4 Å². The van der Waals surface area contributed by atoms with Crippen LogP contribution in [0.25, 0.3) is 22.5 Å². The first-order chi connectivity index (χ1) is 18.2. The lowest BCUT2D eigenvalue weighted by atomic mass is 9.94. The third-order valence-corrected chi connectivity index (χ3v) is 7.15. The third-order valence-electron chi connectivity index (χ3n) is 6.87. The maximum absolute atomic E-state index is 13.3. The number of hydrogen-bond donors (Lipinski definition) is 2. The van der Waals surface area contributed by atoms with E-state index in [1.165, 1.54) is 0 Å². The van der Waals surface area contributed by atoms with E-state index in [4.69, 9.17) is 16.3 Å². The number of ether oxygens (including phenoxy) is 1. The van der Waals surface area contributed by atoms with Gasteiger partial charge < -0.3 is 9.72 Å². The summed E-state index contributed by atoms with van der Waals surface area (Å²) in [5.74, 6) is 0.911. The summed E-state index contributed by atoms with van der Waals surface area (Å²) in [7, 11) is 3.70. The van der Waals surface area contributed by atoms with Crippen molar-refractivity contribution >= 4 is 17.6 Å². The van der Waals surface area contributed by atoms with Gasteiger partial charge in [-0.1, -0.05) is 67.4 Å². The van der Waals surface area contributed by atoms with Gasteiger partial charge in [-0.05, 0) is 62.3 Å². The molecule has 4 rings (SSSR count). The Morgan fingerprint density at radius 2 is 1.89 bits per heavy atom. The van der Waals surface area contributed by atoms with Gasteiger partial charge in [0.05, 0.1) is 5.69 Å². The molecule has 200 valence electrons. The van der Waals surface area contributed by atoms with Gasteiger partial charge >= 0.3 is 5.97 Å². The van der Waals surface area contributed by atoms with Gasteiger partial charge in [0.15, 0.2) is 5.15 Å². The summed E-state index contributed by atoms with van der Waals surface area (Å²) in [5.41, 5.74) is 3.51. The lowest BCUT2D eigenvalue weighted by Crippen LogP contribution is -2.47. The molecule has 0 saturated heterocycles. The van der Waals surface area contributed by atoms with Crippen molar-refractivity contribution in [3.8, 4) is 22.5 Å². The molecule has 2 N–H and O–H groups in total. The van der Waals surface area contributed by atoms with Crippen LogP contribution >= 0.6 is 11.6 Å². The predicted octanol–water partition coefficient (Wildman–Crippen LogP) is 5.42. The first kappa shape index (κ1) is 27.5. The van der Waals surface area contributed by atoms with E-state index in [-0.39, 0.29) is 5.97 Å². The van der Waals surface area contributed by atoms with E-state index in [0.29, 0.717) is 23.1 Å². The van der Waals surface area contributed by atoms with Crippen molar-refractivity contribution in [3.05, 3.63) is 70.8 Å². The number of aryl methyl sites for hydroxylation is 1. The number of nitrogens with one attached hydrogen (secondary N) is 2. The van der Waals surface area contributed by atoms with Crippen molar-refractivity contribution in [1.29, 1.82) is 0 Å². The number of benzene rings is 2. The van der Waals surface area contributed by atoms with Crippen LogP contribution < -0.4 is 0 Å². The van der Waals surface area contributed by atoms with Crippen molar-refractivity contribution in [3.63, 3.8) is 0 Å². The van der Waals surface area contributed by atoms with Gasteiger partial charge in [0.25, 0.3) is 0 Å². The molecule has 1 unspecified atom stereocenters. The van der Waals surface area contributed by atoms with Crippen LogP contribution in [0.4, 0.5) is 0 Å². The van der Waals surface area contributed by atoms with Crippen LogP contribution in [-0.4, -0.2) is 61.1 Å². The second kappa shape index (κ2) is 11.9. The van der Waals surface area contributed by atoms with Crippen molar-refractivity contribution in [2.24, 2.45) is 0 Å². The molecule has 0 fully saturated rings. The Morgan fingerprint density at radius 3 is 2.55 bits per heavy atom. The number of H-pyrrole nitrogens is 2. The van der Waals surface area contributed by atoms with Gasteiger partial charge in [-0.15, -0.1) is 10.2 Å². The van der Waals surface area contributed by atoms with Gasteiger partial charge in [0.1, 0.15) is 17.5 Å². The summed E-state index contributed by atoms with van der Waals surface area (Å²) >= 11 is 6.59. The molecule has 0 aliphatic carbocycles. The highest BCUT2D eigenvalue weighted by atomic mass is 35.5. The maximum Gasteiger partial charge on any atom is 0.326 e. The number of carbonyl (C=O) groups excluding carboxylic acids is 1. The SMILES string of the molecule is CCCCc1nc(Cl)c(C(Cc2ccc(-c3ccccc3)c(-c3nn[nH]n3)c2)OC(=O)C(C)(C)N(C)C)[nH]1. The van der Waals surface area contributed by atoms with Gasteiger partial charge in [0, 0.05) is 18.4 Å². The minimum Gasteiger partial charge on any atom is -0.454 e. The van der Waals surface area contributed by atoms with E-state index in [2.05, 4.69) is 37.5 Å². The molecule has 0 spiro atoms. The highest BCUT2D eigenvalue weighted by Gasteiger charge is 2.35. The fraction of sp³-hybridized carbons (Fsp3) is 0.393. The summed E-state index contributed by atoms with van der Waals surface area (Å²) in [6.45, 7) is 5.78. The van der Waals surface area contributed by atoms with E-state index in [9.17, 15) is 4.79 Å². The quantitative estimate of drug-likeness (QED) is 0.246. The topological polar surface area (TPSA) is 113 Å². The Labute approximate surface area is 228 Å². The summed E-state index contributed by atoms with van der Waals surface area (Å²) in [5, 5.41) is 15.0. The molecule has 0 radical (unpaired) electrons. The molecular formula is C28H34ClN7O2. The van der Waals surface area contributed by atoms with Gasteiger partial charge in [-0.25, -0.2) is 4.98 Å². The largest absolute Gasteiger partial charge is 0.454 e. The number of carbonyl (C=O) groups is 1. The van der Waals surface area contributed by atoms with Crippen LogP contribution in [0, 0.1) is 0 Å². The Morgan fingerprint density at radius 1 is 1.13 bits per heavy atom. The molecule has 38 heavy (non-hydrogen) atoms. The van der Waals surface area contributed by atoms with E-state index < -0.39 is 11.6 Å². The molecule has 0 aliphatic heterocycles.